The van der Waals surface area contributed by atoms with Crippen molar-refractivity contribution in [3.05, 3.63) is 23.7 Å². The highest BCUT2D eigenvalue weighted by Gasteiger charge is 2.01. The van der Waals surface area contributed by atoms with Gasteiger partial charge < -0.3 is 9.73 Å². The Morgan fingerprint density at radius 1 is 1.58 bits per heavy atom. The lowest BCUT2D eigenvalue weighted by atomic mass is 10.3. The van der Waals surface area contributed by atoms with Crippen LogP contribution >= 0.6 is 0 Å². The zero-order chi connectivity index (χ0) is 8.97. The van der Waals surface area contributed by atoms with Gasteiger partial charge >= 0.3 is 0 Å². The second-order valence-corrected chi connectivity index (χ2v) is 2.59. The number of halogens is 2. The molecule has 68 valence electrons. The SMILES string of the molecule is Cc1cc(CNCC(F)F)co1. The Bertz CT molecular complexity index is 235. The summed E-state index contributed by atoms with van der Waals surface area (Å²) in [6.45, 7) is 1.97. The van der Waals surface area contributed by atoms with E-state index < -0.39 is 6.43 Å². The van der Waals surface area contributed by atoms with Gasteiger partial charge in [0.05, 0.1) is 12.8 Å². The van der Waals surface area contributed by atoms with E-state index in [1.165, 1.54) is 0 Å². The molecule has 0 unspecified atom stereocenters. The van der Waals surface area contributed by atoms with Gasteiger partial charge in [-0.1, -0.05) is 0 Å². The van der Waals surface area contributed by atoms with Gasteiger partial charge in [0.1, 0.15) is 5.76 Å². The van der Waals surface area contributed by atoms with Crippen LogP contribution in [0.1, 0.15) is 11.3 Å². The molecule has 2 nitrogen and oxygen atoms in total. The van der Waals surface area contributed by atoms with Crippen LogP contribution < -0.4 is 5.32 Å². The van der Waals surface area contributed by atoms with Crippen LogP contribution in [-0.2, 0) is 6.54 Å². The number of hydrogen-bond donors (Lipinski definition) is 1. The Morgan fingerprint density at radius 2 is 2.33 bits per heavy atom. The van der Waals surface area contributed by atoms with E-state index in [9.17, 15) is 8.78 Å². The van der Waals surface area contributed by atoms with E-state index >= 15 is 0 Å². The molecule has 0 radical (unpaired) electrons. The molecule has 12 heavy (non-hydrogen) atoms. The average Bonchev–Trinajstić information content (AvgIpc) is 2.35. The number of hydrogen-bond acceptors (Lipinski definition) is 2. The van der Waals surface area contributed by atoms with Gasteiger partial charge in [-0.3, -0.25) is 0 Å². The van der Waals surface area contributed by atoms with E-state index in [2.05, 4.69) is 5.32 Å². The van der Waals surface area contributed by atoms with E-state index in [1.54, 1.807) is 6.26 Å². The molecule has 1 heterocycles. The summed E-state index contributed by atoms with van der Waals surface area (Å²) in [4.78, 5) is 0. The predicted octanol–water partition coefficient (Wildman–Crippen LogP) is 1.94. The van der Waals surface area contributed by atoms with Gasteiger partial charge in [-0.05, 0) is 13.0 Å². The summed E-state index contributed by atoms with van der Waals surface area (Å²) in [6, 6.07) is 1.82. The summed E-state index contributed by atoms with van der Waals surface area (Å²) in [5.74, 6) is 0.795. The predicted molar refractivity (Wildman–Crippen MR) is 41.2 cm³/mol. The molecule has 0 bridgehead atoms. The fraction of sp³-hybridized carbons (Fsp3) is 0.500. The first-order valence-electron chi connectivity index (χ1n) is 3.71. The molecular weight excluding hydrogens is 164 g/mol. The number of aryl methyl sites for hydroxylation is 1. The summed E-state index contributed by atoms with van der Waals surface area (Å²) in [6.07, 6.45) is -0.730. The van der Waals surface area contributed by atoms with Crippen molar-refractivity contribution in [1.29, 1.82) is 0 Å². The molecule has 0 aliphatic heterocycles. The van der Waals surface area contributed by atoms with Crippen LogP contribution in [0.2, 0.25) is 0 Å². The van der Waals surface area contributed by atoms with Crippen LogP contribution in [0.15, 0.2) is 16.7 Å². The summed E-state index contributed by atoms with van der Waals surface area (Å²) in [7, 11) is 0. The van der Waals surface area contributed by atoms with Gasteiger partial charge in [0.2, 0.25) is 0 Å². The van der Waals surface area contributed by atoms with E-state index in [1.807, 2.05) is 13.0 Å². The Labute approximate surface area is 69.6 Å². The summed E-state index contributed by atoms with van der Waals surface area (Å²) in [5, 5.41) is 2.60. The van der Waals surface area contributed by atoms with E-state index in [0.717, 1.165) is 11.3 Å². The maximum Gasteiger partial charge on any atom is 0.250 e. The first-order valence-corrected chi connectivity index (χ1v) is 3.71. The van der Waals surface area contributed by atoms with Crippen molar-refractivity contribution in [1.82, 2.24) is 5.32 Å². The Balaban J connectivity index is 2.24. The minimum absolute atomic E-state index is 0.274. The largest absolute Gasteiger partial charge is 0.469 e. The molecule has 0 aromatic carbocycles. The van der Waals surface area contributed by atoms with Crippen LogP contribution in [0.4, 0.5) is 8.78 Å². The molecule has 0 saturated carbocycles. The van der Waals surface area contributed by atoms with Gasteiger partial charge in [-0.15, -0.1) is 0 Å². The topological polar surface area (TPSA) is 25.2 Å². The quantitative estimate of drug-likeness (QED) is 0.756. The molecule has 0 aliphatic rings. The second-order valence-electron chi connectivity index (χ2n) is 2.59. The molecule has 0 saturated heterocycles. The van der Waals surface area contributed by atoms with Crippen LogP contribution in [0, 0.1) is 6.92 Å². The molecule has 0 fully saturated rings. The van der Waals surface area contributed by atoms with Gasteiger partial charge in [0.25, 0.3) is 6.43 Å². The lowest BCUT2D eigenvalue weighted by Gasteiger charge is -1.99. The Kier molecular flexibility index (Phi) is 3.22. The lowest BCUT2D eigenvalue weighted by Crippen LogP contribution is -2.20. The third kappa shape index (κ3) is 3.00. The van der Waals surface area contributed by atoms with Gasteiger partial charge in [-0.25, -0.2) is 8.78 Å². The number of nitrogens with one attached hydrogen (secondary N) is 1. The Morgan fingerprint density at radius 3 is 2.83 bits per heavy atom. The minimum Gasteiger partial charge on any atom is -0.469 e. The highest BCUT2D eigenvalue weighted by atomic mass is 19.3. The van der Waals surface area contributed by atoms with Crippen molar-refractivity contribution >= 4 is 0 Å². The fourth-order valence-corrected chi connectivity index (χ4v) is 0.916. The first kappa shape index (κ1) is 9.19. The average molecular weight is 175 g/mol. The van der Waals surface area contributed by atoms with Crippen molar-refractivity contribution in [2.24, 2.45) is 0 Å². The lowest BCUT2D eigenvalue weighted by molar-refractivity contribution is 0.145. The molecule has 1 rings (SSSR count). The van der Waals surface area contributed by atoms with E-state index in [0.29, 0.717) is 6.54 Å². The van der Waals surface area contributed by atoms with Crippen molar-refractivity contribution < 1.29 is 13.2 Å². The van der Waals surface area contributed by atoms with E-state index in [4.69, 9.17) is 4.42 Å². The molecule has 0 spiro atoms. The monoisotopic (exact) mass is 175 g/mol. The fourth-order valence-electron chi connectivity index (χ4n) is 0.916. The Hall–Kier alpha value is -0.900. The third-order valence-corrected chi connectivity index (χ3v) is 1.41. The van der Waals surface area contributed by atoms with Crippen molar-refractivity contribution in [2.75, 3.05) is 6.54 Å². The maximum absolute atomic E-state index is 11.7. The molecule has 0 atom stereocenters. The molecule has 1 aromatic rings. The first-order chi connectivity index (χ1) is 5.68. The highest BCUT2D eigenvalue weighted by molar-refractivity contribution is 5.10. The van der Waals surface area contributed by atoms with Crippen molar-refractivity contribution in [3.8, 4) is 0 Å². The van der Waals surface area contributed by atoms with Crippen LogP contribution in [0.25, 0.3) is 0 Å². The standard InChI is InChI=1S/C8H11F2NO/c1-6-2-7(5-12-6)3-11-4-8(9)10/h2,5,8,11H,3-4H2,1H3. The molecular formula is C8H11F2NO. The van der Waals surface area contributed by atoms with Gasteiger partial charge in [0.15, 0.2) is 0 Å². The van der Waals surface area contributed by atoms with Crippen molar-refractivity contribution in [2.45, 2.75) is 19.9 Å². The minimum atomic E-state index is -2.29. The van der Waals surface area contributed by atoms with Crippen LogP contribution in [-0.4, -0.2) is 13.0 Å². The number of furan rings is 1. The third-order valence-electron chi connectivity index (χ3n) is 1.41. The van der Waals surface area contributed by atoms with Gasteiger partial charge in [-0.2, -0.15) is 0 Å². The normalized spacial score (nSPS) is 11.0. The summed E-state index contributed by atoms with van der Waals surface area (Å²) < 4.78 is 28.3. The molecule has 0 aliphatic carbocycles. The summed E-state index contributed by atoms with van der Waals surface area (Å²) in [5.41, 5.74) is 0.896. The molecule has 4 heteroatoms. The highest BCUT2D eigenvalue weighted by Crippen LogP contribution is 2.05. The summed E-state index contributed by atoms with van der Waals surface area (Å²) >= 11 is 0. The van der Waals surface area contributed by atoms with Crippen LogP contribution in [0.5, 0.6) is 0 Å². The van der Waals surface area contributed by atoms with Gasteiger partial charge in [0, 0.05) is 12.1 Å². The zero-order valence-electron chi connectivity index (χ0n) is 6.81. The van der Waals surface area contributed by atoms with Crippen LogP contribution in [0.3, 0.4) is 0 Å². The number of alkyl halides is 2. The smallest absolute Gasteiger partial charge is 0.250 e. The maximum atomic E-state index is 11.7. The molecule has 1 N–H and O–H groups in total. The molecule has 0 amide bonds. The van der Waals surface area contributed by atoms with E-state index in [-0.39, 0.29) is 6.54 Å². The second kappa shape index (κ2) is 4.21. The van der Waals surface area contributed by atoms with Crippen molar-refractivity contribution in [3.63, 3.8) is 0 Å². The zero-order valence-corrected chi connectivity index (χ0v) is 6.81. The molecule has 1 aromatic heterocycles. The number of rotatable bonds is 4.